The predicted molar refractivity (Wildman–Crippen MR) is 140 cm³/mol. The Morgan fingerprint density at radius 3 is 2.74 bits per heavy atom. The SMILES string of the molecule is CC(F)(F)C1(C2=CC(Cl)=CC(Cl)C2)CCN(c2ccc(C(=S)NCc3ccccn3)c(Cl)c2)C1. The van der Waals surface area contributed by atoms with Crippen LogP contribution in [0, 0.1) is 5.41 Å². The molecule has 2 unspecified atom stereocenters. The highest BCUT2D eigenvalue weighted by atomic mass is 35.5. The van der Waals surface area contributed by atoms with E-state index in [0.717, 1.165) is 18.3 Å². The average molecular weight is 543 g/mol. The normalized spacial score (nSPS) is 22.9. The highest BCUT2D eigenvalue weighted by Gasteiger charge is 2.56. The van der Waals surface area contributed by atoms with Crippen LogP contribution in [0.25, 0.3) is 0 Å². The maximum absolute atomic E-state index is 15.1. The topological polar surface area (TPSA) is 28.2 Å². The molecule has 1 saturated heterocycles. The van der Waals surface area contributed by atoms with Gasteiger partial charge in [-0.15, -0.1) is 11.6 Å². The molecule has 1 aromatic heterocycles. The monoisotopic (exact) mass is 541 g/mol. The summed E-state index contributed by atoms with van der Waals surface area (Å²) >= 11 is 24.5. The van der Waals surface area contributed by atoms with Crippen molar-refractivity contribution >= 4 is 57.7 Å². The second-order valence-corrected chi connectivity index (χ2v) is 10.6. The molecule has 0 bridgehead atoms. The molecule has 0 spiro atoms. The van der Waals surface area contributed by atoms with E-state index in [4.69, 9.17) is 47.0 Å². The fourth-order valence-corrected chi connectivity index (χ4v) is 5.86. The number of halogens is 5. The number of aromatic nitrogens is 1. The number of alkyl halides is 3. The lowest BCUT2D eigenvalue weighted by Gasteiger charge is -2.39. The van der Waals surface area contributed by atoms with Gasteiger partial charge in [-0.25, -0.2) is 8.78 Å². The zero-order chi connectivity index (χ0) is 24.5. The Bertz CT molecular complexity index is 1130. The van der Waals surface area contributed by atoms with E-state index in [1.54, 1.807) is 24.4 Å². The molecule has 2 heterocycles. The minimum absolute atomic E-state index is 0.147. The number of anilines is 1. The average Bonchev–Trinajstić information content (AvgIpc) is 3.25. The van der Waals surface area contributed by atoms with Crippen LogP contribution in [0.4, 0.5) is 14.5 Å². The van der Waals surface area contributed by atoms with Crippen LogP contribution in [-0.4, -0.2) is 34.4 Å². The Morgan fingerprint density at radius 2 is 2.09 bits per heavy atom. The molecular weight excluding hydrogens is 519 g/mol. The summed E-state index contributed by atoms with van der Waals surface area (Å²) in [5.41, 5.74) is 1.56. The van der Waals surface area contributed by atoms with Crippen LogP contribution in [0.2, 0.25) is 5.02 Å². The number of allylic oxidation sites excluding steroid dienone is 3. The van der Waals surface area contributed by atoms with E-state index >= 15 is 8.78 Å². The summed E-state index contributed by atoms with van der Waals surface area (Å²) in [6, 6.07) is 11.1. The lowest BCUT2D eigenvalue weighted by molar-refractivity contribution is -0.0778. The molecule has 0 radical (unpaired) electrons. The number of rotatable bonds is 6. The van der Waals surface area contributed by atoms with Crippen LogP contribution < -0.4 is 10.2 Å². The van der Waals surface area contributed by atoms with Gasteiger partial charge in [0.15, 0.2) is 0 Å². The third-order valence-electron chi connectivity index (χ3n) is 6.51. The summed E-state index contributed by atoms with van der Waals surface area (Å²) in [7, 11) is 0. The quantitative estimate of drug-likeness (QED) is 0.311. The van der Waals surface area contributed by atoms with Crippen LogP contribution in [0.1, 0.15) is 31.0 Å². The van der Waals surface area contributed by atoms with Crippen LogP contribution in [-0.2, 0) is 6.54 Å². The lowest BCUT2D eigenvalue weighted by atomic mass is 9.71. The summed E-state index contributed by atoms with van der Waals surface area (Å²) in [6.07, 6.45) is 5.70. The Hall–Kier alpha value is -1.73. The first-order valence-corrected chi connectivity index (χ1v) is 12.5. The Kier molecular flexibility index (Phi) is 7.53. The molecule has 3 nitrogen and oxygen atoms in total. The molecule has 4 rings (SSSR count). The number of hydrogen-bond acceptors (Lipinski definition) is 3. The van der Waals surface area contributed by atoms with Gasteiger partial charge in [-0.3, -0.25) is 4.98 Å². The summed E-state index contributed by atoms with van der Waals surface area (Å²) in [5.74, 6) is -2.95. The second-order valence-electron chi connectivity index (χ2n) is 8.75. The van der Waals surface area contributed by atoms with Gasteiger partial charge in [0.2, 0.25) is 0 Å². The van der Waals surface area contributed by atoms with E-state index < -0.39 is 16.7 Å². The van der Waals surface area contributed by atoms with Gasteiger partial charge < -0.3 is 10.2 Å². The molecule has 1 aromatic carbocycles. The maximum Gasteiger partial charge on any atom is 0.256 e. The van der Waals surface area contributed by atoms with Crippen LogP contribution in [0.3, 0.4) is 0 Å². The minimum Gasteiger partial charge on any atom is -0.370 e. The van der Waals surface area contributed by atoms with E-state index in [-0.39, 0.29) is 6.54 Å². The molecule has 9 heteroatoms. The predicted octanol–water partition coefficient (Wildman–Crippen LogP) is 7.11. The number of thiocarbonyl (C=S) groups is 1. The summed E-state index contributed by atoms with van der Waals surface area (Å²) in [6.45, 7) is 2.07. The molecule has 0 amide bonds. The van der Waals surface area contributed by atoms with Gasteiger partial charge in [-0.2, -0.15) is 0 Å². The van der Waals surface area contributed by atoms with Gasteiger partial charge in [0.1, 0.15) is 4.99 Å². The minimum atomic E-state index is -2.95. The van der Waals surface area contributed by atoms with E-state index in [1.165, 1.54) is 0 Å². The van der Waals surface area contributed by atoms with Crippen molar-refractivity contribution in [3.05, 3.63) is 81.6 Å². The third kappa shape index (κ3) is 5.25. The van der Waals surface area contributed by atoms with E-state index in [2.05, 4.69) is 10.3 Å². The lowest BCUT2D eigenvalue weighted by Crippen LogP contribution is -2.44. The standard InChI is InChI=1S/C25H24Cl3F2N3S/c1-24(29,30)25(16-10-17(26)12-18(27)11-16)7-9-33(15-25)20-5-6-21(22(28)13-20)23(34)32-14-19-4-2-3-8-31-19/h2-6,8,10,12-13,18H,7,9,11,14-15H2,1H3,(H,32,34). The van der Waals surface area contributed by atoms with Crippen LogP contribution >= 0.6 is 47.0 Å². The molecule has 2 atom stereocenters. The Labute approximate surface area is 218 Å². The number of nitrogens with one attached hydrogen (secondary N) is 1. The van der Waals surface area contributed by atoms with Crippen molar-refractivity contribution < 1.29 is 8.78 Å². The molecule has 34 heavy (non-hydrogen) atoms. The van der Waals surface area contributed by atoms with Crippen molar-refractivity contribution in [3.63, 3.8) is 0 Å². The largest absolute Gasteiger partial charge is 0.370 e. The zero-order valence-electron chi connectivity index (χ0n) is 18.5. The van der Waals surface area contributed by atoms with Gasteiger partial charge in [0.25, 0.3) is 5.92 Å². The highest BCUT2D eigenvalue weighted by molar-refractivity contribution is 7.80. The van der Waals surface area contributed by atoms with Crippen LogP contribution in [0.5, 0.6) is 0 Å². The number of benzene rings is 1. The first-order valence-electron chi connectivity index (χ1n) is 10.9. The zero-order valence-corrected chi connectivity index (χ0v) is 21.6. The second kappa shape index (κ2) is 10.1. The van der Waals surface area contributed by atoms with E-state index in [1.807, 2.05) is 35.2 Å². The molecule has 1 N–H and O–H groups in total. The van der Waals surface area contributed by atoms with Gasteiger partial charge >= 0.3 is 0 Å². The number of nitrogens with zero attached hydrogens (tertiary/aromatic N) is 2. The summed E-state index contributed by atoms with van der Waals surface area (Å²) in [4.78, 5) is 6.71. The van der Waals surface area contributed by atoms with E-state index in [9.17, 15) is 0 Å². The first kappa shape index (κ1) is 25.4. The third-order valence-corrected chi connectivity index (χ3v) is 7.70. The highest BCUT2D eigenvalue weighted by Crippen LogP contribution is 2.53. The van der Waals surface area contributed by atoms with Crippen molar-refractivity contribution in [1.29, 1.82) is 0 Å². The van der Waals surface area contributed by atoms with Gasteiger partial charge in [-0.1, -0.05) is 47.1 Å². The van der Waals surface area contributed by atoms with Crippen molar-refractivity contribution in [3.8, 4) is 0 Å². The summed E-state index contributed by atoms with van der Waals surface area (Å²) < 4.78 is 30.1. The first-order chi connectivity index (χ1) is 16.1. The smallest absolute Gasteiger partial charge is 0.256 e. The van der Waals surface area contributed by atoms with Gasteiger partial charge in [0, 0.05) is 42.5 Å². The van der Waals surface area contributed by atoms with Crippen molar-refractivity contribution in [1.82, 2.24) is 10.3 Å². The molecule has 1 fully saturated rings. The number of pyridine rings is 1. The van der Waals surface area contributed by atoms with Crippen LogP contribution in [0.15, 0.2) is 65.4 Å². The van der Waals surface area contributed by atoms with Crippen molar-refractivity contribution in [2.24, 2.45) is 5.41 Å². The Morgan fingerprint density at radius 1 is 1.29 bits per heavy atom. The van der Waals surface area contributed by atoms with Crippen molar-refractivity contribution in [2.45, 2.75) is 37.6 Å². The fraction of sp³-hybridized carbons (Fsp3) is 0.360. The molecule has 0 saturated carbocycles. The Balaban J connectivity index is 1.52. The van der Waals surface area contributed by atoms with Gasteiger partial charge in [0.05, 0.1) is 28.1 Å². The maximum atomic E-state index is 15.1. The number of hydrogen-bond donors (Lipinski definition) is 1. The molecule has 180 valence electrons. The molecular formula is C25H24Cl3F2N3S. The molecule has 1 aliphatic carbocycles. The van der Waals surface area contributed by atoms with Gasteiger partial charge in [-0.05, 0) is 55.3 Å². The molecule has 1 aliphatic heterocycles. The fourth-order valence-electron chi connectivity index (χ4n) is 4.63. The molecule has 2 aliphatic rings. The van der Waals surface area contributed by atoms with Crippen molar-refractivity contribution in [2.75, 3.05) is 18.0 Å². The summed E-state index contributed by atoms with van der Waals surface area (Å²) in [5, 5.41) is 3.63. The molecule has 2 aromatic rings. The van der Waals surface area contributed by atoms with E-state index in [0.29, 0.717) is 52.1 Å².